The number of carbonyl (C=O) groups is 1. The second-order valence-electron chi connectivity index (χ2n) is 8.69. The fraction of sp³-hybridized carbons (Fsp3) is 0.375. The van der Waals surface area contributed by atoms with Gasteiger partial charge in [-0.2, -0.15) is 5.26 Å². The number of fused-ring (bicyclic) bond motifs is 1. The lowest BCUT2D eigenvalue weighted by molar-refractivity contribution is -0.118. The number of rotatable bonds is 4. The van der Waals surface area contributed by atoms with Crippen LogP contribution in [0.4, 0.5) is 11.4 Å². The topological polar surface area (TPSA) is 118 Å². The molecule has 33 heavy (non-hydrogen) atoms. The highest BCUT2D eigenvalue weighted by atomic mass is 16.5. The van der Waals surface area contributed by atoms with E-state index in [1.807, 2.05) is 44.2 Å². The van der Waals surface area contributed by atoms with Crippen LogP contribution >= 0.6 is 0 Å². The van der Waals surface area contributed by atoms with Gasteiger partial charge in [-0.3, -0.25) is 10.2 Å². The van der Waals surface area contributed by atoms with Gasteiger partial charge in [-0.1, -0.05) is 13.0 Å². The number of aromatic amines is 1. The van der Waals surface area contributed by atoms with Crippen LogP contribution in [0.3, 0.4) is 0 Å². The van der Waals surface area contributed by atoms with Crippen LogP contribution in [-0.4, -0.2) is 54.3 Å². The van der Waals surface area contributed by atoms with E-state index in [1.165, 1.54) is 0 Å². The molecule has 1 amide bonds. The molecule has 4 N–H and O–H groups in total. The number of anilines is 2. The maximum Gasteiger partial charge on any atom is 0.243 e. The van der Waals surface area contributed by atoms with E-state index in [1.54, 1.807) is 6.20 Å². The van der Waals surface area contributed by atoms with Gasteiger partial charge in [0.05, 0.1) is 36.3 Å². The molecule has 2 saturated heterocycles. The van der Waals surface area contributed by atoms with Crippen molar-refractivity contribution in [2.24, 2.45) is 5.92 Å². The Morgan fingerprint density at radius 3 is 2.76 bits per heavy atom. The molecule has 2 aliphatic heterocycles. The van der Waals surface area contributed by atoms with E-state index in [-0.39, 0.29) is 23.9 Å². The molecule has 2 aromatic heterocycles. The van der Waals surface area contributed by atoms with Crippen LogP contribution in [0.1, 0.15) is 19.4 Å². The Hall–Kier alpha value is -3.45. The first kappa shape index (κ1) is 21.4. The number of amides is 1. The van der Waals surface area contributed by atoms with E-state index in [2.05, 4.69) is 37.1 Å². The number of hydrogen-bond acceptors (Lipinski definition) is 7. The number of morpholine rings is 1. The third kappa shape index (κ3) is 4.16. The molecule has 0 aliphatic carbocycles. The summed E-state index contributed by atoms with van der Waals surface area (Å²) in [4.78, 5) is 22.7. The van der Waals surface area contributed by atoms with Gasteiger partial charge in [0.1, 0.15) is 17.8 Å². The van der Waals surface area contributed by atoms with Crippen molar-refractivity contribution in [3.63, 3.8) is 0 Å². The number of nitrogens with zero attached hydrogens (tertiary/aromatic N) is 3. The number of benzene rings is 1. The highest BCUT2D eigenvalue weighted by Gasteiger charge is 2.34. The van der Waals surface area contributed by atoms with Gasteiger partial charge in [-0.05, 0) is 37.1 Å². The van der Waals surface area contributed by atoms with E-state index in [4.69, 9.17) is 4.74 Å². The SMILES string of the molecule is CC1NNC(C(=O)Nc2cnc3[nH]c(-c4ccc(C#N)c(N5CCOCC5)c4)cc3c2)C1C. The summed E-state index contributed by atoms with van der Waals surface area (Å²) in [6.07, 6.45) is 1.66. The van der Waals surface area contributed by atoms with Crippen LogP contribution in [0.5, 0.6) is 0 Å². The maximum atomic E-state index is 12.7. The molecule has 0 radical (unpaired) electrons. The molecule has 0 saturated carbocycles. The molecule has 3 unspecified atom stereocenters. The van der Waals surface area contributed by atoms with Crippen molar-refractivity contribution in [1.82, 2.24) is 20.8 Å². The summed E-state index contributed by atoms with van der Waals surface area (Å²) in [5, 5.41) is 13.4. The molecule has 9 nitrogen and oxygen atoms in total. The van der Waals surface area contributed by atoms with Gasteiger partial charge in [-0.15, -0.1) is 0 Å². The molecule has 170 valence electrons. The second-order valence-corrected chi connectivity index (χ2v) is 8.69. The maximum absolute atomic E-state index is 12.7. The van der Waals surface area contributed by atoms with E-state index in [9.17, 15) is 10.1 Å². The van der Waals surface area contributed by atoms with Crippen molar-refractivity contribution in [3.05, 3.63) is 42.1 Å². The van der Waals surface area contributed by atoms with Gasteiger partial charge in [0.15, 0.2) is 0 Å². The van der Waals surface area contributed by atoms with Crippen molar-refractivity contribution in [2.75, 3.05) is 36.5 Å². The van der Waals surface area contributed by atoms with Gasteiger partial charge in [0, 0.05) is 35.8 Å². The van der Waals surface area contributed by atoms with E-state index < -0.39 is 0 Å². The average Bonchev–Trinajstić information content (AvgIpc) is 3.42. The third-order valence-corrected chi connectivity index (χ3v) is 6.58. The van der Waals surface area contributed by atoms with Crippen molar-refractivity contribution >= 4 is 28.3 Å². The molecule has 2 aliphatic rings. The van der Waals surface area contributed by atoms with Gasteiger partial charge in [-0.25, -0.2) is 10.4 Å². The quantitative estimate of drug-likeness (QED) is 0.487. The molecule has 3 aromatic rings. The molecule has 3 atom stereocenters. The number of ether oxygens (including phenoxy) is 1. The predicted octanol–water partition coefficient (Wildman–Crippen LogP) is 2.38. The third-order valence-electron chi connectivity index (χ3n) is 6.58. The molecule has 4 heterocycles. The predicted molar refractivity (Wildman–Crippen MR) is 127 cm³/mol. The Bertz CT molecular complexity index is 1230. The Morgan fingerprint density at radius 2 is 2.03 bits per heavy atom. The highest BCUT2D eigenvalue weighted by molar-refractivity contribution is 5.97. The molecule has 0 bridgehead atoms. The van der Waals surface area contributed by atoms with Crippen molar-refractivity contribution in [2.45, 2.75) is 25.9 Å². The van der Waals surface area contributed by atoms with Crippen LogP contribution in [0, 0.1) is 17.2 Å². The first-order chi connectivity index (χ1) is 16.0. The fourth-order valence-electron chi connectivity index (χ4n) is 4.40. The Balaban J connectivity index is 1.40. The van der Waals surface area contributed by atoms with Crippen molar-refractivity contribution in [1.29, 1.82) is 5.26 Å². The molecular formula is C24H27N7O2. The highest BCUT2D eigenvalue weighted by Crippen LogP contribution is 2.30. The molecule has 5 rings (SSSR count). The van der Waals surface area contributed by atoms with Crippen LogP contribution < -0.4 is 21.1 Å². The first-order valence-corrected chi connectivity index (χ1v) is 11.2. The Morgan fingerprint density at radius 1 is 1.21 bits per heavy atom. The number of nitrogens with one attached hydrogen (secondary N) is 4. The van der Waals surface area contributed by atoms with Gasteiger partial charge in [0.2, 0.25) is 5.91 Å². The molecule has 0 spiro atoms. The minimum atomic E-state index is -0.297. The largest absolute Gasteiger partial charge is 0.378 e. The number of hydrazine groups is 1. The smallest absolute Gasteiger partial charge is 0.243 e. The molecule has 9 heteroatoms. The van der Waals surface area contributed by atoms with Gasteiger partial charge >= 0.3 is 0 Å². The lowest BCUT2D eigenvalue weighted by Crippen LogP contribution is -2.41. The van der Waals surface area contributed by atoms with Gasteiger partial charge < -0.3 is 19.9 Å². The summed E-state index contributed by atoms with van der Waals surface area (Å²) in [6.45, 7) is 6.93. The Labute approximate surface area is 192 Å². The monoisotopic (exact) mass is 445 g/mol. The summed E-state index contributed by atoms with van der Waals surface area (Å²) in [5.74, 6) is 0.0936. The second kappa shape index (κ2) is 8.83. The molecule has 2 fully saturated rings. The summed E-state index contributed by atoms with van der Waals surface area (Å²) in [7, 11) is 0. The number of H-pyrrole nitrogens is 1. The number of aromatic nitrogens is 2. The number of carbonyl (C=O) groups excluding carboxylic acids is 1. The summed E-state index contributed by atoms with van der Waals surface area (Å²) in [6, 6.07) is 12.0. The number of hydrogen-bond donors (Lipinski definition) is 4. The number of nitriles is 1. The van der Waals surface area contributed by atoms with Crippen LogP contribution in [0.2, 0.25) is 0 Å². The minimum Gasteiger partial charge on any atom is -0.378 e. The van der Waals surface area contributed by atoms with Crippen LogP contribution in [-0.2, 0) is 9.53 Å². The van der Waals surface area contributed by atoms with E-state index in [0.29, 0.717) is 24.5 Å². The average molecular weight is 446 g/mol. The van der Waals surface area contributed by atoms with Gasteiger partial charge in [0.25, 0.3) is 0 Å². The molecule has 1 aromatic carbocycles. The van der Waals surface area contributed by atoms with Crippen LogP contribution in [0.25, 0.3) is 22.3 Å². The van der Waals surface area contributed by atoms with Crippen molar-refractivity contribution in [3.8, 4) is 17.3 Å². The first-order valence-electron chi connectivity index (χ1n) is 11.2. The standard InChI is InChI=1S/C24H27N7O2/c1-14-15(2)29-30-22(14)24(32)27-19-9-18-10-20(28-23(18)26-13-19)16-3-4-17(12-25)21(11-16)31-5-7-33-8-6-31/h3-4,9-11,13-15,22,29-30H,5-8H2,1-2H3,(H,26,28)(H,27,32). The van der Waals surface area contributed by atoms with Crippen LogP contribution in [0.15, 0.2) is 36.5 Å². The zero-order valence-corrected chi connectivity index (χ0v) is 18.7. The zero-order valence-electron chi connectivity index (χ0n) is 18.7. The minimum absolute atomic E-state index is 0.0847. The summed E-state index contributed by atoms with van der Waals surface area (Å²) < 4.78 is 5.46. The summed E-state index contributed by atoms with van der Waals surface area (Å²) in [5.41, 5.74) is 11.0. The lowest BCUT2D eigenvalue weighted by Gasteiger charge is -2.29. The normalized spacial score (nSPS) is 22.9. The fourth-order valence-corrected chi connectivity index (χ4v) is 4.40. The molecular weight excluding hydrogens is 418 g/mol. The summed E-state index contributed by atoms with van der Waals surface area (Å²) >= 11 is 0. The number of pyridine rings is 1. The van der Waals surface area contributed by atoms with Crippen molar-refractivity contribution < 1.29 is 9.53 Å². The zero-order chi connectivity index (χ0) is 22.9. The Kier molecular flexibility index (Phi) is 5.72. The van der Waals surface area contributed by atoms with E-state index in [0.717, 1.165) is 41.1 Å². The lowest BCUT2D eigenvalue weighted by atomic mass is 9.97. The van der Waals surface area contributed by atoms with E-state index >= 15 is 0 Å².